The first-order chi connectivity index (χ1) is 10.5. The van der Waals surface area contributed by atoms with Crippen LogP contribution in [-0.2, 0) is 11.3 Å². The Morgan fingerprint density at radius 3 is 2.86 bits per heavy atom. The maximum atomic E-state index is 11.8. The lowest BCUT2D eigenvalue weighted by atomic mass is 10.2. The van der Waals surface area contributed by atoms with E-state index in [1.807, 2.05) is 0 Å². The molecule has 0 spiro atoms. The zero-order chi connectivity index (χ0) is 16.1. The molecule has 6 nitrogen and oxygen atoms in total. The van der Waals surface area contributed by atoms with E-state index in [4.69, 9.17) is 27.9 Å². The van der Waals surface area contributed by atoms with Crippen LogP contribution in [0.3, 0.4) is 0 Å². The summed E-state index contributed by atoms with van der Waals surface area (Å²) in [5.74, 6) is -0.491. The molecule has 116 valence electrons. The van der Waals surface area contributed by atoms with Gasteiger partial charge in [-0.25, -0.2) is 9.78 Å². The summed E-state index contributed by atoms with van der Waals surface area (Å²) in [6.45, 7) is 2.16. The normalized spacial score (nSPS) is 10.3. The van der Waals surface area contributed by atoms with Gasteiger partial charge in [-0.1, -0.05) is 23.2 Å². The van der Waals surface area contributed by atoms with Crippen molar-refractivity contribution in [2.24, 2.45) is 0 Å². The molecule has 8 heteroatoms. The minimum atomic E-state index is -0.708. The number of esters is 1. The van der Waals surface area contributed by atoms with Gasteiger partial charge in [0.05, 0.1) is 12.8 Å². The number of hydrogen-bond donors (Lipinski definition) is 2. The fourth-order valence-corrected chi connectivity index (χ4v) is 2.08. The fourth-order valence-electron chi connectivity index (χ4n) is 1.70. The van der Waals surface area contributed by atoms with E-state index in [2.05, 4.69) is 15.3 Å². The first kappa shape index (κ1) is 16.3. The molecule has 0 atom stereocenters. The minimum Gasteiger partial charge on any atom is -0.462 e. The summed E-state index contributed by atoms with van der Waals surface area (Å²) in [6, 6.07) is 5.07. The molecule has 0 saturated carbocycles. The minimum absolute atomic E-state index is 0.145. The van der Waals surface area contributed by atoms with Crippen LogP contribution in [0.5, 0.6) is 0 Å². The number of benzene rings is 1. The number of rotatable bonds is 5. The van der Waals surface area contributed by atoms with Gasteiger partial charge in [-0.2, -0.15) is 0 Å². The van der Waals surface area contributed by atoms with Crippen LogP contribution in [0.2, 0.25) is 10.0 Å². The second-order valence-electron chi connectivity index (χ2n) is 4.28. The van der Waals surface area contributed by atoms with E-state index >= 15 is 0 Å². The monoisotopic (exact) mass is 341 g/mol. The summed E-state index contributed by atoms with van der Waals surface area (Å²) in [5, 5.41) is 4.01. The smallest absolute Gasteiger partial charge is 0.345 e. The van der Waals surface area contributed by atoms with Gasteiger partial charge >= 0.3 is 5.97 Å². The van der Waals surface area contributed by atoms with Crippen LogP contribution in [0.25, 0.3) is 0 Å². The van der Waals surface area contributed by atoms with Crippen molar-refractivity contribution >= 4 is 35.1 Å². The number of anilines is 1. The summed E-state index contributed by atoms with van der Waals surface area (Å²) in [6.07, 6.45) is 1.17. The molecular formula is C14H13Cl2N3O3. The van der Waals surface area contributed by atoms with Crippen LogP contribution >= 0.6 is 23.2 Å². The Hall–Kier alpha value is -2.05. The molecule has 2 N–H and O–H groups in total. The predicted octanol–water partition coefficient (Wildman–Crippen LogP) is 2.87. The highest BCUT2D eigenvalue weighted by Crippen LogP contribution is 2.21. The Labute approximate surface area is 136 Å². The second-order valence-corrected chi connectivity index (χ2v) is 5.13. The summed E-state index contributed by atoms with van der Waals surface area (Å²) in [7, 11) is 0. The topological polar surface area (TPSA) is 84.1 Å². The van der Waals surface area contributed by atoms with E-state index in [0.717, 1.165) is 5.56 Å². The number of carbonyl (C=O) groups excluding carboxylic acids is 1. The average Bonchev–Trinajstić information content (AvgIpc) is 2.48. The Balaban J connectivity index is 2.11. The SMILES string of the molecule is CCOC(=O)c1cnc(NCc2cc(Cl)ccc2Cl)[nH]c1=O. The predicted molar refractivity (Wildman–Crippen MR) is 84.6 cm³/mol. The number of ether oxygens (including phenoxy) is 1. The van der Waals surface area contributed by atoms with E-state index < -0.39 is 11.5 Å². The van der Waals surface area contributed by atoms with Crippen molar-refractivity contribution < 1.29 is 9.53 Å². The molecule has 0 aliphatic heterocycles. The zero-order valence-corrected chi connectivity index (χ0v) is 13.2. The third kappa shape index (κ3) is 3.99. The van der Waals surface area contributed by atoms with Gasteiger partial charge in [-0.15, -0.1) is 0 Å². The quantitative estimate of drug-likeness (QED) is 0.817. The first-order valence-electron chi connectivity index (χ1n) is 6.45. The van der Waals surface area contributed by atoms with Crippen LogP contribution in [0.1, 0.15) is 22.8 Å². The number of aromatic nitrogens is 2. The van der Waals surface area contributed by atoms with Crippen molar-refractivity contribution in [3.8, 4) is 0 Å². The van der Waals surface area contributed by atoms with E-state index in [0.29, 0.717) is 16.6 Å². The molecule has 2 aromatic rings. The molecule has 0 bridgehead atoms. The maximum absolute atomic E-state index is 11.8. The van der Waals surface area contributed by atoms with Gasteiger partial charge in [0.15, 0.2) is 0 Å². The zero-order valence-electron chi connectivity index (χ0n) is 11.7. The highest BCUT2D eigenvalue weighted by Gasteiger charge is 2.12. The number of nitrogens with zero attached hydrogens (tertiary/aromatic N) is 1. The van der Waals surface area contributed by atoms with Crippen molar-refractivity contribution in [1.82, 2.24) is 9.97 Å². The van der Waals surface area contributed by atoms with E-state index in [1.54, 1.807) is 25.1 Å². The molecule has 1 heterocycles. The van der Waals surface area contributed by atoms with E-state index in [9.17, 15) is 9.59 Å². The van der Waals surface area contributed by atoms with Crippen molar-refractivity contribution in [3.63, 3.8) is 0 Å². The lowest BCUT2D eigenvalue weighted by Crippen LogP contribution is -2.22. The third-order valence-corrected chi connectivity index (χ3v) is 3.35. The van der Waals surface area contributed by atoms with E-state index in [1.165, 1.54) is 6.20 Å². The van der Waals surface area contributed by atoms with Crippen molar-refractivity contribution in [2.75, 3.05) is 11.9 Å². The Bertz CT molecular complexity index is 746. The average molecular weight is 342 g/mol. The lowest BCUT2D eigenvalue weighted by molar-refractivity contribution is 0.0524. The number of halogens is 2. The fraction of sp³-hybridized carbons (Fsp3) is 0.214. The lowest BCUT2D eigenvalue weighted by Gasteiger charge is -2.08. The summed E-state index contributed by atoms with van der Waals surface area (Å²) < 4.78 is 4.76. The van der Waals surface area contributed by atoms with Crippen molar-refractivity contribution in [2.45, 2.75) is 13.5 Å². The molecular weight excluding hydrogens is 329 g/mol. The molecule has 0 amide bonds. The van der Waals surface area contributed by atoms with Gasteiger partial charge in [0.2, 0.25) is 5.95 Å². The molecule has 0 saturated heterocycles. The van der Waals surface area contributed by atoms with Crippen molar-refractivity contribution in [1.29, 1.82) is 0 Å². The molecule has 2 rings (SSSR count). The molecule has 0 unspecified atom stereocenters. The van der Waals surface area contributed by atoms with Crippen LogP contribution in [0.15, 0.2) is 29.2 Å². The number of nitrogens with one attached hydrogen (secondary N) is 2. The molecule has 0 radical (unpaired) electrons. The summed E-state index contributed by atoms with van der Waals surface area (Å²) in [5.41, 5.74) is 0.0348. The third-order valence-electron chi connectivity index (χ3n) is 2.75. The summed E-state index contributed by atoms with van der Waals surface area (Å²) >= 11 is 11.9. The van der Waals surface area contributed by atoms with Gasteiger partial charge < -0.3 is 10.1 Å². The molecule has 0 aliphatic carbocycles. The maximum Gasteiger partial charge on any atom is 0.345 e. The second kappa shape index (κ2) is 7.29. The van der Waals surface area contributed by atoms with Gasteiger partial charge in [0.1, 0.15) is 5.56 Å². The molecule has 22 heavy (non-hydrogen) atoms. The van der Waals surface area contributed by atoms with Crippen LogP contribution in [0.4, 0.5) is 5.95 Å². The van der Waals surface area contributed by atoms with Crippen molar-refractivity contribution in [3.05, 3.63) is 55.9 Å². The molecule has 0 fully saturated rings. The number of aromatic amines is 1. The van der Waals surface area contributed by atoms with Gasteiger partial charge in [0.25, 0.3) is 5.56 Å². The molecule has 1 aromatic heterocycles. The Morgan fingerprint density at radius 2 is 2.18 bits per heavy atom. The van der Waals surface area contributed by atoms with Crippen LogP contribution < -0.4 is 10.9 Å². The van der Waals surface area contributed by atoms with Gasteiger partial charge in [-0.05, 0) is 30.7 Å². The standard InChI is InChI=1S/C14H13Cl2N3O3/c1-2-22-13(21)10-7-18-14(19-12(10)20)17-6-8-5-9(15)3-4-11(8)16/h3-5,7H,2,6H2,1H3,(H2,17,18,19,20). The Kier molecular flexibility index (Phi) is 5.41. The number of H-pyrrole nitrogens is 1. The number of carbonyl (C=O) groups is 1. The highest BCUT2D eigenvalue weighted by molar-refractivity contribution is 6.33. The molecule has 1 aromatic carbocycles. The summed E-state index contributed by atoms with van der Waals surface area (Å²) in [4.78, 5) is 29.7. The molecule has 0 aliphatic rings. The van der Waals surface area contributed by atoms with Gasteiger partial charge in [0, 0.05) is 16.6 Å². The van der Waals surface area contributed by atoms with Gasteiger partial charge in [-0.3, -0.25) is 9.78 Å². The first-order valence-corrected chi connectivity index (χ1v) is 7.21. The largest absolute Gasteiger partial charge is 0.462 e. The van der Waals surface area contributed by atoms with Crippen LogP contribution in [0, 0.1) is 0 Å². The van der Waals surface area contributed by atoms with E-state index in [-0.39, 0.29) is 18.1 Å². The van der Waals surface area contributed by atoms with Crippen LogP contribution in [-0.4, -0.2) is 22.5 Å². The number of hydrogen-bond acceptors (Lipinski definition) is 5. The Morgan fingerprint density at radius 1 is 1.41 bits per heavy atom. The highest BCUT2D eigenvalue weighted by atomic mass is 35.5.